The fourth-order valence-electron chi connectivity index (χ4n) is 3.68. The van der Waals surface area contributed by atoms with Crippen molar-refractivity contribution in [1.82, 2.24) is 5.32 Å². The summed E-state index contributed by atoms with van der Waals surface area (Å²) >= 11 is 1.63. The molecule has 0 unspecified atom stereocenters. The standard InChI is InChI=1S/C24H30N2OS/c1-4-16-28-23-10-6-5-9-22(23)24(27)25-19(3)20-11-13-21(14-12-20)26-15-7-8-18(2)17-26/h4-6,9-14,18-19H,1,7-8,15-17H2,2-3H3,(H,25,27)/t18-,19+/m1/s1. The summed E-state index contributed by atoms with van der Waals surface area (Å²) in [6.45, 7) is 10.4. The molecular weight excluding hydrogens is 364 g/mol. The molecule has 0 aliphatic carbocycles. The van der Waals surface area contributed by atoms with Crippen LogP contribution in [0.25, 0.3) is 0 Å². The minimum Gasteiger partial charge on any atom is -0.371 e. The number of carbonyl (C=O) groups is 1. The van der Waals surface area contributed by atoms with Crippen molar-refractivity contribution in [2.24, 2.45) is 5.92 Å². The van der Waals surface area contributed by atoms with Gasteiger partial charge in [0, 0.05) is 29.4 Å². The molecule has 2 aromatic rings. The maximum Gasteiger partial charge on any atom is 0.252 e. The SMILES string of the molecule is C=CCSc1ccccc1C(=O)N[C@@H](C)c1ccc(N2CCC[C@@H](C)C2)cc1. The molecule has 1 fully saturated rings. The topological polar surface area (TPSA) is 32.3 Å². The maximum absolute atomic E-state index is 12.8. The third-order valence-electron chi connectivity index (χ3n) is 5.25. The molecule has 1 aliphatic rings. The Bertz CT molecular complexity index is 803. The van der Waals surface area contributed by atoms with E-state index in [9.17, 15) is 4.79 Å². The molecule has 2 atom stereocenters. The number of benzene rings is 2. The van der Waals surface area contributed by atoms with Gasteiger partial charge < -0.3 is 10.2 Å². The van der Waals surface area contributed by atoms with E-state index in [-0.39, 0.29) is 11.9 Å². The number of rotatable bonds is 7. The van der Waals surface area contributed by atoms with Gasteiger partial charge in [0.25, 0.3) is 5.91 Å². The van der Waals surface area contributed by atoms with Crippen molar-refractivity contribution < 1.29 is 4.79 Å². The zero-order valence-corrected chi connectivity index (χ0v) is 17.7. The molecule has 3 nitrogen and oxygen atoms in total. The summed E-state index contributed by atoms with van der Waals surface area (Å²) in [4.78, 5) is 16.3. The lowest BCUT2D eigenvalue weighted by Gasteiger charge is -2.33. The average molecular weight is 395 g/mol. The van der Waals surface area contributed by atoms with Gasteiger partial charge in [-0.1, -0.05) is 37.3 Å². The quantitative estimate of drug-likeness (QED) is 0.483. The third kappa shape index (κ3) is 5.20. The Balaban J connectivity index is 1.65. The van der Waals surface area contributed by atoms with E-state index in [1.165, 1.54) is 18.5 Å². The molecule has 1 saturated heterocycles. The van der Waals surface area contributed by atoms with Crippen LogP contribution >= 0.6 is 11.8 Å². The van der Waals surface area contributed by atoms with Crippen LogP contribution in [0.1, 0.15) is 48.7 Å². The number of carbonyl (C=O) groups excluding carboxylic acids is 1. The number of nitrogens with one attached hydrogen (secondary N) is 1. The van der Waals surface area contributed by atoms with Crippen LogP contribution in [-0.2, 0) is 0 Å². The second-order valence-electron chi connectivity index (χ2n) is 7.58. The first-order chi connectivity index (χ1) is 13.6. The van der Waals surface area contributed by atoms with E-state index in [0.717, 1.165) is 40.8 Å². The van der Waals surface area contributed by atoms with Crippen molar-refractivity contribution >= 4 is 23.4 Å². The van der Waals surface area contributed by atoms with Crippen molar-refractivity contribution in [3.63, 3.8) is 0 Å². The van der Waals surface area contributed by atoms with E-state index in [2.05, 4.69) is 48.0 Å². The molecule has 0 bridgehead atoms. The van der Waals surface area contributed by atoms with E-state index in [1.54, 1.807) is 11.8 Å². The largest absolute Gasteiger partial charge is 0.371 e. The predicted octanol–water partition coefficient (Wildman–Crippen LogP) is 5.69. The highest BCUT2D eigenvalue weighted by Crippen LogP contribution is 2.26. The van der Waals surface area contributed by atoms with E-state index < -0.39 is 0 Å². The fourth-order valence-corrected chi connectivity index (χ4v) is 4.47. The molecule has 2 aromatic carbocycles. The van der Waals surface area contributed by atoms with Crippen LogP contribution in [0, 0.1) is 5.92 Å². The molecule has 1 N–H and O–H groups in total. The predicted molar refractivity (Wildman–Crippen MR) is 120 cm³/mol. The van der Waals surface area contributed by atoms with Gasteiger partial charge in [-0.15, -0.1) is 18.3 Å². The summed E-state index contributed by atoms with van der Waals surface area (Å²) in [7, 11) is 0. The summed E-state index contributed by atoms with van der Waals surface area (Å²) in [5, 5.41) is 3.14. The molecule has 28 heavy (non-hydrogen) atoms. The maximum atomic E-state index is 12.8. The van der Waals surface area contributed by atoms with E-state index in [1.807, 2.05) is 37.3 Å². The first-order valence-corrected chi connectivity index (χ1v) is 11.1. The summed E-state index contributed by atoms with van der Waals surface area (Å²) in [5.74, 6) is 1.51. The van der Waals surface area contributed by atoms with Gasteiger partial charge in [-0.05, 0) is 55.5 Å². The van der Waals surface area contributed by atoms with Gasteiger partial charge in [-0.2, -0.15) is 0 Å². The summed E-state index contributed by atoms with van der Waals surface area (Å²) < 4.78 is 0. The number of thioether (sulfide) groups is 1. The monoisotopic (exact) mass is 394 g/mol. The number of anilines is 1. The van der Waals surface area contributed by atoms with Crippen molar-refractivity contribution in [3.8, 4) is 0 Å². The lowest BCUT2D eigenvalue weighted by Crippen LogP contribution is -2.34. The highest BCUT2D eigenvalue weighted by Gasteiger charge is 2.18. The zero-order chi connectivity index (χ0) is 19.9. The molecule has 3 rings (SSSR count). The second-order valence-corrected chi connectivity index (χ2v) is 8.64. The molecule has 0 aromatic heterocycles. The Hall–Kier alpha value is -2.20. The number of hydrogen-bond acceptors (Lipinski definition) is 3. The Morgan fingerprint density at radius 3 is 2.75 bits per heavy atom. The van der Waals surface area contributed by atoms with Gasteiger partial charge in [-0.25, -0.2) is 0 Å². The summed E-state index contributed by atoms with van der Waals surface area (Å²) in [6.07, 6.45) is 4.44. The van der Waals surface area contributed by atoms with Crippen molar-refractivity contribution in [2.75, 3.05) is 23.7 Å². The fraction of sp³-hybridized carbons (Fsp3) is 0.375. The normalized spacial score (nSPS) is 17.8. The lowest BCUT2D eigenvalue weighted by atomic mass is 9.99. The van der Waals surface area contributed by atoms with Gasteiger partial charge in [-0.3, -0.25) is 4.79 Å². The molecule has 1 heterocycles. The minimum atomic E-state index is -0.0423. The molecule has 148 valence electrons. The number of nitrogens with zero attached hydrogens (tertiary/aromatic N) is 1. The van der Waals surface area contributed by atoms with Crippen molar-refractivity contribution in [2.45, 2.75) is 37.6 Å². The Kier molecular flexibility index (Phi) is 7.21. The molecule has 0 radical (unpaired) electrons. The first-order valence-electron chi connectivity index (χ1n) is 10.1. The number of piperidine rings is 1. The van der Waals surface area contributed by atoms with E-state index in [4.69, 9.17) is 0 Å². The van der Waals surface area contributed by atoms with E-state index >= 15 is 0 Å². The molecule has 4 heteroatoms. The van der Waals surface area contributed by atoms with Crippen LogP contribution in [0.3, 0.4) is 0 Å². The summed E-state index contributed by atoms with van der Waals surface area (Å²) in [5.41, 5.74) is 3.12. The summed E-state index contributed by atoms with van der Waals surface area (Å²) in [6, 6.07) is 16.3. The second kappa shape index (κ2) is 9.83. The van der Waals surface area contributed by atoms with Gasteiger partial charge in [0.2, 0.25) is 0 Å². The molecule has 1 amide bonds. The Labute approximate surface area is 173 Å². The molecule has 1 aliphatic heterocycles. The van der Waals surface area contributed by atoms with Crippen LogP contribution in [0.5, 0.6) is 0 Å². The average Bonchev–Trinajstić information content (AvgIpc) is 2.72. The van der Waals surface area contributed by atoms with Crippen LogP contribution in [-0.4, -0.2) is 24.7 Å². The number of hydrogen-bond donors (Lipinski definition) is 1. The lowest BCUT2D eigenvalue weighted by molar-refractivity contribution is 0.0937. The van der Waals surface area contributed by atoms with E-state index in [0.29, 0.717) is 0 Å². The van der Waals surface area contributed by atoms with Crippen LogP contribution in [0.15, 0.2) is 66.1 Å². The number of amides is 1. The first kappa shape index (κ1) is 20.5. The Morgan fingerprint density at radius 2 is 2.04 bits per heavy atom. The van der Waals surface area contributed by atoms with Gasteiger partial charge in [0.1, 0.15) is 0 Å². The molecule has 0 spiro atoms. The van der Waals surface area contributed by atoms with Crippen molar-refractivity contribution in [1.29, 1.82) is 0 Å². The van der Waals surface area contributed by atoms with Crippen LogP contribution in [0.2, 0.25) is 0 Å². The van der Waals surface area contributed by atoms with Gasteiger partial charge >= 0.3 is 0 Å². The van der Waals surface area contributed by atoms with Crippen LogP contribution < -0.4 is 10.2 Å². The van der Waals surface area contributed by atoms with Crippen LogP contribution in [0.4, 0.5) is 5.69 Å². The third-order valence-corrected chi connectivity index (χ3v) is 6.32. The van der Waals surface area contributed by atoms with Gasteiger partial charge in [0.15, 0.2) is 0 Å². The smallest absolute Gasteiger partial charge is 0.252 e. The zero-order valence-electron chi connectivity index (χ0n) is 16.9. The molecular formula is C24H30N2OS. The molecule has 0 saturated carbocycles. The highest BCUT2D eigenvalue weighted by molar-refractivity contribution is 7.99. The minimum absolute atomic E-state index is 0.0337. The Morgan fingerprint density at radius 1 is 1.29 bits per heavy atom. The van der Waals surface area contributed by atoms with Crippen molar-refractivity contribution in [3.05, 3.63) is 72.3 Å². The van der Waals surface area contributed by atoms with Gasteiger partial charge in [0.05, 0.1) is 11.6 Å². The highest BCUT2D eigenvalue weighted by atomic mass is 32.2.